The van der Waals surface area contributed by atoms with Crippen molar-refractivity contribution >= 4 is 34.7 Å². The van der Waals surface area contributed by atoms with Gasteiger partial charge in [0.15, 0.2) is 0 Å². The molecule has 4 rings (SSSR count). The number of rotatable bonds is 4. The van der Waals surface area contributed by atoms with Crippen molar-refractivity contribution < 1.29 is 4.79 Å². The molecule has 144 valence electrons. The number of hydrogen-bond donors (Lipinski definition) is 1. The van der Waals surface area contributed by atoms with Crippen LogP contribution in [0, 0.1) is 13.8 Å². The molecule has 1 aromatic carbocycles. The number of nitrogens with one attached hydrogen (secondary N) is 1. The second-order valence-electron chi connectivity index (χ2n) is 6.94. The summed E-state index contributed by atoms with van der Waals surface area (Å²) in [4.78, 5) is 26.7. The Hall–Kier alpha value is -2.93. The standard InChI is InChI=1S/C21H23N5OS/c1-15-5-7-17(8-6-15)23-19-14-16(2)22-21(24-19)26-11-9-25(10-12-26)20(27)18-4-3-13-28-18/h3-8,13-14H,9-12H2,1-2H3,(H,22,23,24). The van der Waals surface area contributed by atoms with Gasteiger partial charge in [0.1, 0.15) is 5.82 Å². The van der Waals surface area contributed by atoms with E-state index in [1.165, 1.54) is 16.9 Å². The number of carbonyl (C=O) groups is 1. The maximum absolute atomic E-state index is 12.5. The molecule has 1 saturated heterocycles. The van der Waals surface area contributed by atoms with Crippen LogP contribution in [0.5, 0.6) is 0 Å². The molecule has 1 aliphatic rings. The van der Waals surface area contributed by atoms with Crippen LogP contribution in [0.15, 0.2) is 47.8 Å². The molecule has 1 N–H and O–H groups in total. The van der Waals surface area contributed by atoms with Crippen LogP contribution in [0.3, 0.4) is 0 Å². The summed E-state index contributed by atoms with van der Waals surface area (Å²) >= 11 is 1.49. The summed E-state index contributed by atoms with van der Waals surface area (Å²) in [7, 11) is 0. The number of anilines is 3. The molecule has 1 amide bonds. The molecule has 0 spiro atoms. The number of nitrogens with zero attached hydrogens (tertiary/aromatic N) is 4. The number of carbonyl (C=O) groups excluding carboxylic acids is 1. The molecule has 0 aliphatic carbocycles. The Morgan fingerprint density at radius 1 is 1.04 bits per heavy atom. The highest BCUT2D eigenvalue weighted by Gasteiger charge is 2.24. The van der Waals surface area contributed by atoms with E-state index in [4.69, 9.17) is 4.98 Å². The first-order valence-electron chi connectivity index (χ1n) is 9.35. The molecule has 1 fully saturated rings. The third-order valence-electron chi connectivity index (χ3n) is 4.75. The maximum Gasteiger partial charge on any atom is 0.264 e. The molecule has 6 nitrogen and oxygen atoms in total. The van der Waals surface area contributed by atoms with Gasteiger partial charge < -0.3 is 15.1 Å². The van der Waals surface area contributed by atoms with Crippen molar-refractivity contribution in [3.05, 3.63) is 64.0 Å². The van der Waals surface area contributed by atoms with Gasteiger partial charge >= 0.3 is 0 Å². The fourth-order valence-electron chi connectivity index (χ4n) is 3.21. The Morgan fingerprint density at radius 3 is 2.46 bits per heavy atom. The number of amides is 1. The molecule has 0 unspecified atom stereocenters. The van der Waals surface area contributed by atoms with Crippen molar-refractivity contribution in [2.24, 2.45) is 0 Å². The van der Waals surface area contributed by atoms with Crippen LogP contribution in [0.2, 0.25) is 0 Å². The lowest BCUT2D eigenvalue weighted by Crippen LogP contribution is -2.49. The summed E-state index contributed by atoms with van der Waals surface area (Å²) in [5, 5.41) is 5.29. The first-order valence-corrected chi connectivity index (χ1v) is 10.2. The van der Waals surface area contributed by atoms with E-state index in [0.717, 1.165) is 35.2 Å². The van der Waals surface area contributed by atoms with E-state index in [1.54, 1.807) is 0 Å². The summed E-state index contributed by atoms with van der Waals surface area (Å²) in [6, 6.07) is 14.0. The monoisotopic (exact) mass is 393 g/mol. The van der Waals surface area contributed by atoms with Crippen LogP contribution in [-0.2, 0) is 0 Å². The summed E-state index contributed by atoms with van der Waals surface area (Å²) in [6.07, 6.45) is 0. The van der Waals surface area contributed by atoms with Crippen molar-refractivity contribution in [1.29, 1.82) is 0 Å². The number of aromatic nitrogens is 2. The molecule has 7 heteroatoms. The van der Waals surface area contributed by atoms with E-state index in [9.17, 15) is 4.79 Å². The Labute approximate surface area is 168 Å². The number of piperazine rings is 1. The van der Waals surface area contributed by atoms with Crippen molar-refractivity contribution in [2.45, 2.75) is 13.8 Å². The quantitative estimate of drug-likeness (QED) is 0.729. The predicted molar refractivity (Wildman–Crippen MR) is 114 cm³/mol. The molecule has 3 heterocycles. The molecule has 28 heavy (non-hydrogen) atoms. The second kappa shape index (κ2) is 7.98. The number of hydrogen-bond acceptors (Lipinski definition) is 6. The van der Waals surface area contributed by atoms with Crippen LogP contribution in [0.4, 0.5) is 17.5 Å². The lowest BCUT2D eigenvalue weighted by atomic mass is 10.2. The summed E-state index contributed by atoms with van der Waals surface area (Å²) in [5.41, 5.74) is 3.14. The molecular formula is C21H23N5OS. The number of benzene rings is 1. The van der Waals surface area contributed by atoms with Crippen molar-refractivity contribution in [3.8, 4) is 0 Å². The highest BCUT2D eigenvalue weighted by molar-refractivity contribution is 7.12. The average molecular weight is 394 g/mol. The van der Waals surface area contributed by atoms with Gasteiger partial charge in [-0.1, -0.05) is 23.8 Å². The average Bonchev–Trinajstić information content (AvgIpc) is 3.24. The van der Waals surface area contributed by atoms with E-state index >= 15 is 0 Å². The van der Waals surface area contributed by atoms with Crippen molar-refractivity contribution in [3.63, 3.8) is 0 Å². The lowest BCUT2D eigenvalue weighted by molar-refractivity contribution is 0.0751. The zero-order chi connectivity index (χ0) is 19.5. The summed E-state index contributed by atoms with van der Waals surface area (Å²) < 4.78 is 0. The third kappa shape index (κ3) is 4.14. The van der Waals surface area contributed by atoms with Crippen LogP contribution in [0.25, 0.3) is 0 Å². The first kappa shape index (κ1) is 18.4. The Bertz CT molecular complexity index is 947. The fourth-order valence-corrected chi connectivity index (χ4v) is 3.90. The molecule has 0 atom stereocenters. The van der Waals surface area contributed by atoms with E-state index in [-0.39, 0.29) is 5.91 Å². The van der Waals surface area contributed by atoms with Gasteiger partial charge in [-0.3, -0.25) is 4.79 Å². The van der Waals surface area contributed by atoms with Gasteiger partial charge in [-0.15, -0.1) is 11.3 Å². The molecule has 0 radical (unpaired) electrons. The smallest absolute Gasteiger partial charge is 0.264 e. The zero-order valence-corrected chi connectivity index (χ0v) is 16.9. The Balaban J connectivity index is 1.44. The van der Waals surface area contributed by atoms with Gasteiger partial charge in [-0.2, -0.15) is 4.98 Å². The molecule has 2 aromatic heterocycles. The molecule has 1 aliphatic heterocycles. The predicted octanol–water partition coefficient (Wildman–Crippen LogP) is 3.86. The van der Waals surface area contributed by atoms with Gasteiger partial charge in [-0.25, -0.2) is 4.98 Å². The third-order valence-corrected chi connectivity index (χ3v) is 5.61. The van der Waals surface area contributed by atoms with Gasteiger partial charge in [0, 0.05) is 43.6 Å². The zero-order valence-electron chi connectivity index (χ0n) is 16.1. The van der Waals surface area contributed by atoms with E-state index in [2.05, 4.69) is 34.3 Å². The van der Waals surface area contributed by atoms with E-state index < -0.39 is 0 Å². The van der Waals surface area contributed by atoms with Gasteiger partial charge in [-0.05, 0) is 37.4 Å². The van der Waals surface area contributed by atoms with E-state index in [1.807, 2.05) is 47.5 Å². The minimum Gasteiger partial charge on any atom is -0.340 e. The Kier molecular flexibility index (Phi) is 5.25. The highest BCUT2D eigenvalue weighted by atomic mass is 32.1. The van der Waals surface area contributed by atoms with Crippen LogP contribution in [0.1, 0.15) is 20.9 Å². The van der Waals surface area contributed by atoms with E-state index in [0.29, 0.717) is 19.0 Å². The largest absolute Gasteiger partial charge is 0.340 e. The molecule has 0 bridgehead atoms. The van der Waals surface area contributed by atoms with Crippen molar-refractivity contribution in [2.75, 3.05) is 36.4 Å². The Morgan fingerprint density at radius 2 is 1.79 bits per heavy atom. The first-order chi connectivity index (χ1) is 13.6. The number of thiophene rings is 1. The number of aryl methyl sites for hydroxylation is 2. The maximum atomic E-state index is 12.5. The van der Waals surface area contributed by atoms with Crippen molar-refractivity contribution in [1.82, 2.24) is 14.9 Å². The van der Waals surface area contributed by atoms with Crippen LogP contribution >= 0.6 is 11.3 Å². The molecule has 0 saturated carbocycles. The molecule has 3 aromatic rings. The van der Waals surface area contributed by atoms with Gasteiger partial charge in [0.25, 0.3) is 5.91 Å². The minimum atomic E-state index is 0.113. The van der Waals surface area contributed by atoms with Gasteiger partial charge in [0.2, 0.25) is 5.95 Å². The van der Waals surface area contributed by atoms with Crippen LogP contribution < -0.4 is 10.2 Å². The summed E-state index contributed by atoms with van der Waals surface area (Å²) in [5.74, 6) is 1.60. The normalized spacial score (nSPS) is 14.2. The lowest BCUT2D eigenvalue weighted by Gasteiger charge is -2.34. The topological polar surface area (TPSA) is 61.4 Å². The minimum absolute atomic E-state index is 0.113. The van der Waals surface area contributed by atoms with Gasteiger partial charge in [0.05, 0.1) is 4.88 Å². The van der Waals surface area contributed by atoms with Crippen LogP contribution in [-0.4, -0.2) is 47.0 Å². The summed E-state index contributed by atoms with van der Waals surface area (Å²) in [6.45, 7) is 6.85. The fraction of sp³-hybridized carbons (Fsp3) is 0.286. The molecular weight excluding hydrogens is 370 g/mol. The SMILES string of the molecule is Cc1ccc(Nc2cc(C)nc(N3CCN(C(=O)c4cccs4)CC3)n2)cc1. The highest BCUT2D eigenvalue weighted by Crippen LogP contribution is 2.21. The second-order valence-corrected chi connectivity index (χ2v) is 7.89.